The number of benzene rings is 3. The molecule has 0 N–H and O–H groups in total. The van der Waals surface area contributed by atoms with Crippen LogP contribution in [0.25, 0.3) is 33.2 Å². The highest BCUT2D eigenvalue weighted by Gasteiger charge is 2.40. The zero-order valence-corrected chi connectivity index (χ0v) is 15.4. The van der Waals surface area contributed by atoms with Gasteiger partial charge in [0.2, 0.25) is 0 Å². The second-order valence-electron chi connectivity index (χ2n) is 8.00. The zero-order valence-electron chi connectivity index (χ0n) is 15.4. The average molecular weight is 349 g/mol. The van der Waals surface area contributed by atoms with Gasteiger partial charge in [0, 0.05) is 28.1 Å². The summed E-state index contributed by atoms with van der Waals surface area (Å²) in [6, 6.07) is 21.6. The van der Waals surface area contributed by atoms with Gasteiger partial charge < -0.3 is 4.74 Å². The van der Waals surface area contributed by atoms with E-state index in [2.05, 4.69) is 68.4 Å². The molecule has 6 rings (SSSR count). The monoisotopic (exact) mass is 349 g/mol. The molecule has 2 nitrogen and oxygen atoms in total. The van der Waals surface area contributed by atoms with Crippen molar-refractivity contribution in [2.24, 2.45) is 0 Å². The maximum Gasteiger partial charge on any atom is 0.135 e. The fraction of sp³-hybridized carbons (Fsp3) is 0.160. The summed E-state index contributed by atoms with van der Waals surface area (Å²) in [4.78, 5) is 4.72. The van der Waals surface area contributed by atoms with Crippen LogP contribution in [0.3, 0.4) is 0 Å². The van der Waals surface area contributed by atoms with Crippen LogP contribution in [0, 0.1) is 0 Å². The van der Waals surface area contributed by atoms with Crippen molar-refractivity contribution in [3.8, 4) is 28.1 Å². The molecule has 0 saturated heterocycles. The first-order valence-electron chi connectivity index (χ1n) is 9.43. The summed E-state index contributed by atoms with van der Waals surface area (Å²) in [6.45, 7) is 5.25. The lowest BCUT2D eigenvalue weighted by atomic mass is 9.77. The first kappa shape index (κ1) is 15.0. The summed E-state index contributed by atoms with van der Waals surface area (Å²) in [5, 5.41) is 2.40. The van der Waals surface area contributed by atoms with Gasteiger partial charge in [-0.2, -0.15) is 0 Å². The molecule has 0 atom stereocenters. The summed E-state index contributed by atoms with van der Waals surface area (Å²) in [5.41, 5.74) is 8.79. The Balaban J connectivity index is 1.73. The normalized spacial score (nSPS) is 15.5. The van der Waals surface area contributed by atoms with Crippen molar-refractivity contribution in [1.29, 1.82) is 0 Å². The van der Waals surface area contributed by atoms with E-state index in [9.17, 15) is 0 Å². The van der Waals surface area contributed by atoms with Crippen LogP contribution in [-0.2, 0) is 12.0 Å². The first-order chi connectivity index (χ1) is 13.2. The Morgan fingerprint density at radius 1 is 0.889 bits per heavy atom. The van der Waals surface area contributed by atoms with Crippen LogP contribution < -0.4 is 4.74 Å². The van der Waals surface area contributed by atoms with Gasteiger partial charge in [0.25, 0.3) is 0 Å². The van der Waals surface area contributed by atoms with Gasteiger partial charge in [-0.25, -0.2) is 0 Å². The smallest absolute Gasteiger partial charge is 0.135 e. The molecule has 1 aromatic heterocycles. The van der Waals surface area contributed by atoms with Crippen molar-refractivity contribution < 1.29 is 4.74 Å². The van der Waals surface area contributed by atoms with E-state index in [1.807, 2.05) is 12.3 Å². The van der Waals surface area contributed by atoms with Gasteiger partial charge in [-0.1, -0.05) is 62.4 Å². The molecular weight excluding hydrogens is 330 g/mol. The maximum absolute atomic E-state index is 6.25. The van der Waals surface area contributed by atoms with Gasteiger partial charge in [0.05, 0.1) is 5.69 Å². The lowest BCUT2D eigenvalue weighted by molar-refractivity contribution is 0.306. The van der Waals surface area contributed by atoms with Crippen LogP contribution in [0.15, 0.2) is 66.9 Å². The first-order valence-corrected chi connectivity index (χ1v) is 9.43. The minimum atomic E-state index is -0.0788. The third-order valence-corrected chi connectivity index (χ3v) is 6.17. The molecule has 3 aromatic carbocycles. The highest BCUT2D eigenvalue weighted by Crippen LogP contribution is 2.55. The highest BCUT2D eigenvalue weighted by molar-refractivity contribution is 5.99. The summed E-state index contributed by atoms with van der Waals surface area (Å²) in [7, 11) is 0. The van der Waals surface area contributed by atoms with Gasteiger partial charge in [0.1, 0.15) is 12.4 Å². The van der Waals surface area contributed by atoms with E-state index in [4.69, 9.17) is 9.72 Å². The SMILES string of the molecule is CC1(C)c2cccnc2-c2ccc3c(c21)-c1ccc2ccccc2c1OC3. The van der Waals surface area contributed by atoms with Crippen LogP contribution in [0.1, 0.15) is 30.5 Å². The van der Waals surface area contributed by atoms with E-state index in [0.29, 0.717) is 6.61 Å². The Morgan fingerprint density at radius 2 is 1.74 bits per heavy atom. The summed E-state index contributed by atoms with van der Waals surface area (Å²) >= 11 is 0. The molecule has 2 aliphatic rings. The van der Waals surface area contributed by atoms with Gasteiger partial charge in [0.15, 0.2) is 0 Å². The average Bonchev–Trinajstić information content (AvgIpc) is 2.95. The van der Waals surface area contributed by atoms with Crippen molar-refractivity contribution in [1.82, 2.24) is 4.98 Å². The number of aromatic nitrogens is 1. The van der Waals surface area contributed by atoms with Gasteiger partial charge in [-0.3, -0.25) is 4.98 Å². The second kappa shape index (κ2) is 4.98. The van der Waals surface area contributed by atoms with Crippen molar-refractivity contribution in [3.63, 3.8) is 0 Å². The number of ether oxygens (including phenoxy) is 1. The predicted molar refractivity (Wildman–Crippen MR) is 109 cm³/mol. The Labute approximate surface area is 158 Å². The molecule has 0 amide bonds. The molecular formula is C25H19NO. The second-order valence-corrected chi connectivity index (χ2v) is 8.00. The molecule has 1 aliphatic carbocycles. The number of hydrogen-bond acceptors (Lipinski definition) is 2. The number of rotatable bonds is 0. The zero-order chi connectivity index (χ0) is 18.2. The molecule has 0 fully saturated rings. The van der Waals surface area contributed by atoms with E-state index in [1.165, 1.54) is 44.2 Å². The van der Waals surface area contributed by atoms with Gasteiger partial charge in [-0.15, -0.1) is 0 Å². The molecule has 0 bridgehead atoms. The minimum absolute atomic E-state index is 0.0788. The van der Waals surface area contributed by atoms with Crippen LogP contribution in [0.5, 0.6) is 5.75 Å². The van der Waals surface area contributed by atoms with E-state index in [-0.39, 0.29) is 5.41 Å². The molecule has 2 heterocycles. The predicted octanol–water partition coefficient (Wildman–Crippen LogP) is 6.10. The number of pyridine rings is 1. The van der Waals surface area contributed by atoms with Crippen molar-refractivity contribution in [3.05, 3.63) is 83.6 Å². The molecule has 2 heteroatoms. The maximum atomic E-state index is 6.25. The summed E-state index contributed by atoms with van der Waals surface area (Å²) in [6.07, 6.45) is 1.90. The highest BCUT2D eigenvalue weighted by atomic mass is 16.5. The summed E-state index contributed by atoms with van der Waals surface area (Å²) in [5.74, 6) is 1.01. The third kappa shape index (κ3) is 1.83. The standard InChI is InChI=1S/C25H19NO/c1-25(2)20-8-5-13-26-23(20)19-12-10-16-14-27-24-17-7-4-3-6-15(17)9-11-18(24)21(16)22(19)25/h3-13H,14H2,1-2H3. The molecule has 27 heavy (non-hydrogen) atoms. The summed E-state index contributed by atoms with van der Waals surface area (Å²) < 4.78 is 6.25. The van der Waals surface area contributed by atoms with E-state index < -0.39 is 0 Å². The fourth-order valence-electron chi connectivity index (χ4n) is 4.92. The molecule has 130 valence electrons. The molecule has 0 radical (unpaired) electrons. The Kier molecular flexibility index (Phi) is 2.76. The van der Waals surface area contributed by atoms with Crippen LogP contribution in [0.4, 0.5) is 0 Å². The number of nitrogens with zero attached hydrogens (tertiary/aromatic N) is 1. The van der Waals surface area contributed by atoms with Crippen molar-refractivity contribution in [2.45, 2.75) is 25.9 Å². The Bertz CT molecular complexity index is 1250. The number of hydrogen-bond donors (Lipinski definition) is 0. The van der Waals surface area contributed by atoms with Crippen LogP contribution in [0.2, 0.25) is 0 Å². The quantitative estimate of drug-likeness (QED) is 0.383. The van der Waals surface area contributed by atoms with Crippen molar-refractivity contribution in [2.75, 3.05) is 0 Å². The van der Waals surface area contributed by atoms with Crippen LogP contribution >= 0.6 is 0 Å². The third-order valence-electron chi connectivity index (χ3n) is 6.17. The van der Waals surface area contributed by atoms with Crippen molar-refractivity contribution >= 4 is 10.8 Å². The number of fused-ring (bicyclic) bond motifs is 9. The molecule has 4 aromatic rings. The lowest BCUT2D eigenvalue weighted by Gasteiger charge is -2.30. The van der Waals surface area contributed by atoms with E-state index >= 15 is 0 Å². The Hall–Kier alpha value is -3.13. The molecule has 0 saturated carbocycles. The topological polar surface area (TPSA) is 22.1 Å². The van der Waals surface area contributed by atoms with E-state index in [0.717, 1.165) is 11.4 Å². The largest absolute Gasteiger partial charge is 0.488 e. The fourth-order valence-corrected chi connectivity index (χ4v) is 4.92. The van der Waals surface area contributed by atoms with Crippen LogP contribution in [-0.4, -0.2) is 4.98 Å². The molecule has 1 aliphatic heterocycles. The molecule has 0 unspecified atom stereocenters. The minimum Gasteiger partial charge on any atom is -0.488 e. The van der Waals surface area contributed by atoms with Gasteiger partial charge in [-0.05, 0) is 39.8 Å². The van der Waals surface area contributed by atoms with E-state index in [1.54, 1.807) is 0 Å². The Morgan fingerprint density at radius 3 is 2.67 bits per heavy atom. The molecule has 0 spiro atoms. The lowest BCUT2D eigenvalue weighted by Crippen LogP contribution is -2.19. The van der Waals surface area contributed by atoms with Gasteiger partial charge >= 0.3 is 0 Å².